The number of carbonyl (C=O) groups is 1. The van der Waals surface area contributed by atoms with Gasteiger partial charge in [-0.2, -0.15) is 0 Å². The summed E-state index contributed by atoms with van der Waals surface area (Å²) in [6, 6.07) is 8.98. The monoisotopic (exact) mass is 298 g/mol. The standard InChI is InChI=1S/C13H12ClFN2OS/c1-8(11-6-7-12(14)19-11)16-13(18)17-10-5-3-2-4-9(10)15/h2-8H,1H3,(H2,16,17,18). The van der Waals surface area contributed by atoms with Gasteiger partial charge in [0.2, 0.25) is 0 Å². The minimum absolute atomic E-state index is 0.149. The van der Waals surface area contributed by atoms with E-state index in [1.54, 1.807) is 18.2 Å². The third kappa shape index (κ3) is 3.68. The van der Waals surface area contributed by atoms with Crippen LogP contribution < -0.4 is 10.6 Å². The molecule has 2 N–H and O–H groups in total. The van der Waals surface area contributed by atoms with Crippen LogP contribution in [0, 0.1) is 5.82 Å². The predicted molar refractivity (Wildman–Crippen MR) is 76.3 cm³/mol. The number of nitrogens with one attached hydrogen (secondary N) is 2. The second-order valence-corrected chi connectivity index (χ2v) is 5.69. The lowest BCUT2D eigenvalue weighted by Gasteiger charge is -2.13. The smallest absolute Gasteiger partial charge is 0.319 e. The first kappa shape index (κ1) is 13.8. The first-order chi connectivity index (χ1) is 9.06. The van der Waals surface area contributed by atoms with Gasteiger partial charge in [0.15, 0.2) is 0 Å². The lowest BCUT2D eigenvalue weighted by Crippen LogP contribution is -2.31. The maximum absolute atomic E-state index is 13.4. The number of amides is 2. The molecule has 100 valence electrons. The second kappa shape index (κ2) is 6.04. The summed E-state index contributed by atoms with van der Waals surface area (Å²) >= 11 is 7.23. The van der Waals surface area contributed by atoms with Crippen LogP contribution in [-0.2, 0) is 0 Å². The molecule has 0 fully saturated rings. The van der Waals surface area contributed by atoms with Crippen LogP contribution in [0.3, 0.4) is 0 Å². The van der Waals surface area contributed by atoms with E-state index in [4.69, 9.17) is 11.6 Å². The molecule has 0 bridgehead atoms. The summed E-state index contributed by atoms with van der Waals surface area (Å²) in [4.78, 5) is 12.7. The molecule has 0 aliphatic heterocycles. The largest absolute Gasteiger partial charge is 0.331 e. The number of hydrogen-bond donors (Lipinski definition) is 2. The highest BCUT2D eigenvalue weighted by molar-refractivity contribution is 7.16. The van der Waals surface area contributed by atoms with Crippen molar-refractivity contribution in [1.29, 1.82) is 0 Å². The Labute approximate surface area is 119 Å². The minimum atomic E-state index is -0.468. The Kier molecular flexibility index (Phi) is 4.39. The van der Waals surface area contributed by atoms with Crippen molar-refractivity contribution in [2.45, 2.75) is 13.0 Å². The number of urea groups is 1. The molecule has 2 rings (SSSR count). The van der Waals surface area contributed by atoms with E-state index in [0.29, 0.717) is 4.34 Å². The summed E-state index contributed by atoms with van der Waals surface area (Å²) in [5.41, 5.74) is 0.149. The van der Waals surface area contributed by atoms with Crippen LogP contribution in [0.4, 0.5) is 14.9 Å². The molecule has 2 aromatic rings. The number of anilines is 1. The van der Waals surface area contributed by atoms with Gasteiger partial charge in [0.1, 0.15) is 5.82 Å². The van der Waals surface area contributed by atoms with Crippen molar-refractivity contribution in [3.8, 4) is 0 Å². The van der Waals surface area contributed by atoms with Crippen molar-refractivity contribution >= 4 is 34.7 Å². The zero-order chi connectivity index (χ0) is 13.8. The number of carbonyl (C=O) groups excluding carboxylic acids is 1. The molecule has 6 heteroatoms. The number of para-hydroxylation sites is 1. The first-order valence-corrected chi connectivity index (χ1v) is 6.83. The summed E-state index contributed by atoms with van der Waals surface area (Å²) < 4.78 is 14.0. The molecular formula is C13H12ClFN2OS. The fraction of sp³-hybridized carbons (Fsp3) is 0.154. The van der Waals surface area contributed by atoms with Crippen LogP contribution in [0.15, 0.2) is 36.4 Å². The van der Waals surface area contributed by atoms with Crippen LogP contribution in [-0.4, -0.2) is 6.03 Å². The molecule has 2 amide bonds. The van der Waals surface area contributed by atoms with Gasteiger partial charge in [-0.05, 0) is 31.2 Å². The molecule has 1 aromatic carbocycles. The third-order valence-electron chi connectivity index (χ3n) is 2.49. The van der Waals surface area contributed by atoms with Gasteiger partial charge in [0, 0.05) is 4.88 Å². The van der Waals surface area contributed by atoms with Gasteiger partial charge in [-0.3, -0.25) is 0 Å². The van der Waals surface area contributed by atoms with Gasteiger partial charge in [-0.25, -0.2) is 9.18 Å². The molecule has 0 aliphatic carbocycles. The van der Waals surface area contributed by atoms with Crippen LogP contribution in [0.2, 0.25) is 4.34 Å². The quantitative estimate of drug-likeness (QED) is 0.865. The van der Waals surface area contributed by atoms with E-state index in [0.717, 1.165) is 4.88 Å². The highest BCUT2D eigenvalue weighted by Gasteiger charge is 2.12. The van der Waals surface area contributed by atoms with Crippen molar-refractivity contribution in [3.63, 3.8) is 0 Å². The Bertz CT molecular complexity index is 588. The van der Waals surface area contributed by atoms with Gasteiger partial charge in [-0.15, -0.1) is 11.3 Å². The molecule has 0 saturated carbocycles. The molecule has 1 unspecified atom stereocenters. The normalized spacial score (nSPS) is 11.9. The van der Waals surface area contributed by atoms with Crippen LogP contribution in [0.1, 0.15) is 17.8 Å². The molecule has 0 spiro atoms. The topological polar surface area (TPSA) is 41.1 Å². The van der Waals surface area contributed by atoms with Gasteiger partial charge >= 0.3 is 6.03 Å². The van der Waals surface area contributed by atoms with Gasteiger partial charge in [0.05, 0.1) is 16.1 Å². The molecule has 1 atom stereocenters. The highest BCUT2D eigenvalue weighted by Crippen LogP contribution is 2.26. The fourth-order valence-electron chi connectivity index (χ4n) is 1.55. The predicted octanol–water partition coefficient (Wildman–Crippen LogP) is 4.42. The zero-order valence-corrected chi connectivity index (χ0v) is 11.7. The molecule has 19 heavy (non-hydrogen) atoms. The van der Waals surface area contributed by atoms with E-state index >= 15 is 0 Å². The summed E-state index contributed by atoms with van der Waals surface area (Å²) in [5, 5.41) is 5.18. The molecule has 3 nitrogen and oxygen atoms in total. The lowest BCUT2D eigenvalue weighted by atomic mass is 10.3. The summed E-state index contributed by atoms with van der Waals surface area (Å²) in [6.07, 6.45) is 0. The summed E-state index contributed by atoms with van der Waals surface area (Å²) in [5.74, 6) is -0.468. The second-order valence-electron chi connectivity index (χ2n) is 3.94. The molecular weight excluding hydrogens is 287 g/mol. The van der Waals surface area contributed by atoms with Crippen molar-refractivity contribution in [1.82, 2.24) is 5.32 Å². The third-order valence-corrected chi connectivity index (χ3v) is 3.90. The Morgan fingerprint density at radius 1 is 1.32 bits per heavy atom. The van der Waals surface area contributed by atoms with Crippen molar-refractivity contribution in [3.05, 3.63) is 51.4 Å². The number of hydrogen-bond acceptors (Lipinski definition) is 2. The highest BCUT2D eigenvalue weighted by atomic mass is 35.5. The summed E-state index contributed by atoms with van der Waals surface area (Å²) in [7, 11) is 0. The zero-order valence-electron chi connectivity index (χ0n) is 10.1. The van der Waals surface area contributed by atoms with E-state index in [9.17, 15) is 9.18 Å². The van der Waals surface area contributed by atoms with E-state index in [1.807, 2.05) is 13.0 Å². The number of benzene rings is 1. The van der Waals surface area contributed by atoms with Crippen molar-refractivity contribution < 1.29 is 9.18 Å². The molecule has 1 aromatic heterocycles. The Balaban J connectivity index is 1.96. The first-order valence-electron chi connectivity index (χ1n) is 5.63. The number of thiophene rings is 1. The number of rotatable bonds is 3. The molecule has 0 radical (unpaired) electrons. The molecule has 0 aliphatic rings. The summed E-state index contributed by atoms with van der Waals surface area (Å²) in [6.45, 7) is 1.84. The molecule has 0 saturated heterocycles. The van der Waals surface area contributed by atoms with Crippen LogP contribution >= 0.6 is 22.9 Å². The van der Waals surface area contributed by atoms with E-state index in [2.05, 4.69) is 10.6 Å². The van der Waals surface area contributed by atoms with Gasteiger partial charge in [-0.1, -0.05) is 23.7 Å². The number of halogens is 2. The van der Waals surface area contributed by atoms with Crippen molar-refractivity contribution in [2.75, 3.05) is 5.32 Å². The van der Waals surface area contributed by atoms with Crippen molar-refractivity contribution in [2.24, 2.45) is 0 Å². The Morgan fingerprint density at radius 2 is 2.05 bits per heavy atom. The average molecular weight is 299 g/mol. The maximum Gasteiger partial charge on any atom is 0.319 e. The Morgan fingerprint density at radius 3 is 2.68 bits per heavy atom. The van der Waals surface area contributed by atoms with E-state index in [1.165, 1.54) is 23.5 Å². The van der Waals surface area contributed by atoms with Gasteiger partial charge in [0.25, 0.3) is 0 Å². The van der Waals surface area contributed by atoms with Gasteiger partial charge < -0.3 is 10.6 Å². The SMILES string of the molecule is CC(NC(=O)Nc1ccccc1F)c1ccc(Cl)s1. The average Bonchev–Trinajstić information content (AvgIpc) is 2.79. The maximum atomic E-state index is 13.4. The Hall–Kier alpha value is -1.59. The lowest BCUT2D eigenvalue weighted by molar-refractivity contribution is 0.249. The minimum Gasteiger partial charge on any atom is -0.331 e. The van der Waals surface area contributed by atoms with Crippen LogP contribution in [0.25, 0.3) is 0 Å². The van der Waals surface area contributed by atoms with Crippen LogP contribution in [0.5, 0.6) is 0 Å². The molecule has 1 heterocycles. The fourth-order valence-corrected chi connectivity index (χ4v) is 2.61. The van der Waals surface area contributed by atoms with E-state index < -0.39 is 11.8 Å². The van der Waals surface area contributed by atoms with E-state index in [-0.39, 0.29) is 11.7 Å².